The Morgan fingerprint density at radius 3 is 2.26 bits per heavy atom. The molecule has 2 aromatic carbocycles. The van der Waals surface area contributed by atoms with E-state index >= 15 is 0 Å². The van der Waals surface area contributed by atoms with E-state index < -0.39 is 39.7 Å². The number of non-ortho nitro benzene ring substituents is 1. The number of hydrogen-bond acceptors (Lipinski definition) is 3. The quantitative estimate of drug-likeness (QED) is 0.522. The number of benzene rings is 2. The number of nitro benzene ring substituents is 1. The highest BCUT2D eigenvalue weighted by molar-refractivity contribution is 5.90. The van der Waals surface area contributed by atoms with E-state index in [2.05, 4.69) is 0 Å². The van der Waals surface area contributed by atoms with Gasteiger partial charge in [0.15, 0.2) is 0 Å². The Bertz CT molecular complexity index is 770. The molecule has 0 spiro atoms. The predicted molar refractivity (Wildman–Crippen MR) is 70.5 cm³/mol. The summed E-state index contributed by atoms with van der Waals surface area (Å²) in [6, 6.07) is 4.69. The summed E-state index contributed by atoms with van der Waals surface area (Å²) in [6.45, 7) is 0. The maximum absolute atomic E-state index is 13.3. The molecule has 0 atom stereocenters. The van der Waals surface area contributed by atoms with Crippen LogP contribution in [0.1, 0.15) is 15.9 Å². The SMILES string of the molecule is O=C(O)c1cc(-c2ccc(F)c(C(F)(F)F)c2)cc([N+](=O)[O-])c1. The van der Waals surface area contributed by atoms with Gasteiger partial charge in [-0.1, -0.05) is 6.07 Å². The van der Waals surface area contributed by atoms with Gasteiger partial charge in [0.2, 0.25) is 0 Å². The van der Waals surface area contributed by atoms with Crippen LogP contribution < -0.4 is 0 Å². The largest absolute Gasteiger partial charge is 0.478 e. The second-order valence-electron chi connectivity index (χ2n) is 4.52. The minimum Gasteiger partial charge on any atom is -0.478 e. The topological polar surface area (TPSA) is 80.4 Å². The number of alkyl halides is 3. The van der Waals surface area contributed by atoms with Crippen LogP contribution in [0.4, 0.5) is 23.2 Å². The summed E-state index contributed by atoms with van der Waals surface area (Å²) < 4.78 is 51.4. The third-order valence-corrected chi connectivity index (χ3v) is 2.98. The smallest absolute Gasteiger partial charge is 0.419 e. The number of nitrogens with zero attached hydrogens (tertiary/aromatic N) is 1. The highest BCUT2D eigenvalue weighted by atomic mass is 19.4. The summed E-state index contributed by atoms with van der Waals surface area (Å²) in [5, 5.41) is 19.7. The Morgan fingerprint density at radius 2 is 1.74 bits per heavy atom. The summed E-state index contributed by atoms with van der Waals surface area (Å²) >= 11 is 0. The van der Waals surface area contributed by atoms with Crippen molar-refractivity contribution < 1.29 is 32.4 Å². The lowest BCUT2D eigenvalue weighted by Gasteiger charge is -2.10. The Morgan fingerprint density at radius 1 is 1.09 bits per heavy atom. The molecule has 0 saturated heterocycles. The first kappa shape index (κ1) is 16.4. The van der Waals surface area contributed by atoms with Crippen molar-refractivity contribution in [1.82, 2.24) is 0 Å². The molecule has 0 aliphatic rings. The Labute approximate surface area is 125 Å². The molecule has 2 rings (SSSR count). The molecule has 120 valence electrons. The van der Waals surface area contributed by atoms with E-state index in [1.165, 1.54) is 0 Å². The molecule has 1 N–H and O–H groups in total. The van der Waals surface area contributed by atoms with E-state index in [0.717, 1.165) is 24.3 Å². The zero-order valence-corrected chi connectivity index (χ0v) is 11.1. The van der Waals surface area contributed by atoms with Crippen molar-refractivity contribution >= 4 is 11.7 Å². The van der Waals surface area contributed by atoms with Gasteiger partial charge in [0.25, 0.3) is 5.69 Å². The van der Waals surface area contributed by atoms with Gasteiger partial charge in [-0.2, -0.15) is 13.2 Å². The average Bonchev–Trinajstić information content (AvgIpc) is 2.45. The van der Waals surface area contributed by atoms with Crippen LogP contribution in [0, 0.1) is 15.9 Å². The molecule has 2 aromatic rings. The second-order valence-corrected chi connectivity index (χ2v) is 4.52. The minimum absolute atomic E-state index is 0.137. The van der Waals surface area contributed by atoms with Crippen molar-refractivity contribution in [2.75, 3.05) is 0 Å². The standard InChI is InChI=1S/C14H7F4NO4/c15-12-2-1-7(6-11(12)14(16,17)18)8-3-9(13(20)21)5-10(4-8)19(22)23/h1-6H,(H,20,21). The van der Waals surface area contributed by atoms with Gasteiger partial charge >= 0.3 is 12.1 Å². The van der Waals surface area contributed by atoms with Gasteiger partial charge in [0.1, 0.15) is 5.82 Å². The molecule has 0 fully saturated rings. The van der Waals surface area contributed by atoms with Crippen LogP contribution in [-0.2, 0) is 6.18 Å². The molecule has 0 heterocycles. The van der Waals surface area contributed by atoms with Crippen molar-refractivity contribution in [3.63, 3.8) is 0 Å². The van der Waals surface area contributed by atoms with Gasteiger partial charge in [0, 0.05) is 12.1 Å². The number of aromatic carboxylic acids is 1. The summed E-state index contributed by atoms with van der Waals surface area (Å²) in [7, 11) is 0. The summed E-state index contributed by atoms with van der Waals surface area (Å²) in [6.07, 6.45) is -4.95. The molecule has 0 radical (unpaired) electrons. The molecular formula is C14H7F4NO4. The molecule has 0 unspecified atom stereocenters. The number of carboxylic acids is 1. The van der Waals surface area contributed by atoms with E-state index in [4.69, 9.17) is 5.11 Å². The minimum atomic E-state index is -4.95. The van der Waals surface area contributed by atoms with Crippen molar-refractivity contribution in [2.24, 2.45) is 0 Å². The monoisotopic (exact) mass is 329 g/mol. The van der Waals surface area contributed by atoms with Gasteiger partial charge in [-0.05, 0) is 29.3 Å². The number of carboxylic acid groups (broad SMARTS) is 1. The molecule has 0 aromatic heterocycles. The van der Waals surface area contributed by atoms with Crippen molar-refractivity contribution in [2.45, 2.75) is 6.18 Å². The molecular weight excluding hydrogens is 322 g/mol. The number of rotatable bonds is 3. The highest BCUT2D eigenvalue weighted by Crippen LogP contribution is 2.35. The second kappa shape index (κ2) is 5.67. The first-order valence-electron chi connectivity index (χ1n) is 5.99. The first-order valence-corrected chi connectivity index (χ1v) is 5.99. The van der Waals surface area contributed by atoms with Crippen LogP contribution in [0.25, 0.3) is 11.1 Å². The fourth-order valence-electron chi connectivity index (χ4n) is 1.93. The third-order valence-electron chi connectivity index (χ3n) is 2.98. The van der Waals surface area contributed by atoms with Crippen LogP contribution in [0.15, 0.2) is 36.4 Å². The predicted octanol–water partition coefficient (Wildman–Crippen LogP) is 4.12. The Kier molecular flexibility index (Phi) is 4.04. The third kappa shape index (κ3) is 3.44. The molecule has 23 heavy (non-hydrogen) atoms. The van der Waals surface area contributed by atoms with Crippen LogP contribution in [0.2, 0.25) is 0 Å². The molecule has 9 heteroatoms. The van der Waals surface area contributed by atoms with E-state index in [1.54, 1.807) is 0 Å². The van der Waals surface area contributed by atoms with Crippen LogP contribution >= 0.6 is 0 Å². The van der Waals surface area contributed by atoms with Gasteiger partial charge in [0.05, 0.1) is 16.1 Å². The van der Waals surface area contributed by atoms with Gasteiger partial charge < -0.3 is 5.11 Å². The number of hydrogen-bond donors (Lipinski definition) is 1. The Hall–Kier alpha value is -2.97. The first-order chi connectivity index (χ1) is 10.6. The van der Waals surface area contributed by atoms with Crippen molar-refractivity contribution in [1.29, 1.82) is 0 Å². The van der Waals surface area contributed by atoms with Gasteiger partial charge in [-0.25, -0.2) is 9.18 Å². The van der Waals surface area contributed by atoms with E-state index in [9.17, 15) is 32.5 Å². The maximum atomic E-state index is 13.3. The van der Waals surface area contributed by atoms with Gasteiger partial charge in [-0.3, -0.25) is 10.1 Å². The van der Waals surface area contributed by atoms with E-state index in [0.29, 0.717) is 12.1 Å². The van der Waals surface area contributed by atoms with E-state index in [1.807, 2.05) is 0 Å². The lowest BCUT2D eigenvalue weighted by Crippen LogP contribution is -2.08. The fourth-order valence-corrected chi connectivity index (χ4v) is 1.93. The molecule has 0 aliphatic carbocycles. The summed E-state index contributed by atoms with van der Waals surface area (Å²) in [5.74, 6) is -2.97. The highest BCUT2D eigenvalue weighted by Gasteiger charge is 2.34. The van der Waals surface area contributed by atoms with Gasteiger partial charge in [-0.15, -0.1) is 0 Å². The summed E-state index contributed by atoms with van der Waals surface area (Å²) in [4.78, 5) is 20.9. The van der Waals surface area contributed by atoms with E-state index in [-0.39, 0.29) is 11.1 Å². The van der Waals surface area contributed by atoms with Crippen LogP contribution in [0.5, 0.6) is 0 Å². The number of carbonyl (C=O) groups is 1. The Balaban J connectivity index is 2.67. The molecule has 5 nitrogen and oxygen atoms in total. The van der Waals surface area contributed by atoms with Crippen LogP contribution in [0.3, 0.4) is 0 Å². The van der Waals surface area contributed by atoms with Crippen molar-refractivity contribution in [3.8, 4) is 11.1 Å². The lowest BCUT2D eigenvalue weighted by molar-refractivity contribution is -0.384. The normalized spacial score (nSPS) is 11.3. The molecule has 0 amide bonds. The molecule has 0 bridgehead atoms. The molecule has 0 aliphatic heterocycles. The zero-order valence-electron chi connectivity index (χ0n) is 11.1. The van der Waals surface area contributed by atoms with Crippen LogP contribution in [-0.4, -0.2) is 16.0 Å². The zero-order chi connectivity index (χ0) is 17.4. The van der Waals surface area contributed by atoms with Crippen molar-refractivity contribution in [3.05, 3.63) is 63.5 Å². The lowest BCUT2D eigenvalue weighted by atomic mass is 9.99. The number of halogens is 4. The maximum Gasteiger partial charge on any atom is 0.419 e. The number of nitro groups is 1. The summed E-state index contributed by atoms with van der Waals surface area (Å²) in [5.41, 5.74) is -2.93. The fraction of sp³-hybridized carbons (Fsp3) is 0.0714. The molecule has 0 saturated carbocycles. The average molecular weight is 329 g/mol.